The molecule has 0 fully saturated rings. The molecule has 0 saturated carbocycles. The summed E-state index contributed by atoms with van der Waals surface area (Å²) in [6.07, 6.45) is 3.12. The normalized spacial score (nSPS) is 11.9. The zero-order valence-electron chi connectivity index (χ0n) is 14.2. The number of fused-ring (bicyclic) bond motifs is 1. The summed E-state index contributed by atoms with van der Waals surface area (Å²) in [7, 11) is 0. The molecule has 0 unspecified atom stereocenters. The van der Waals surface area contributed by atoms with Gasteiger partial charge in [0.2, 0.25) is 6.79 Å². The highest BCUT2D eigenvalue weighted by Gasteiger charge is 2.13. The van der Waals surface area contributed by atoms with Crippen LogP contribution < -0.4 is 20.1 Å². The molecule has 2 heterocycles. The van der Waals surface area contributed by atoms with Crippen molar-refractivity contribution in [2.75, 3.05) is 17.4 Å². The lowest BCUT2D eigenvalue weighted by atomic mass is 10.2. The van der Waals surface area contributed by atoms with Gasteiger partial charge in [0.15, 0.2) is 11.5 Å². The Hall–Kier alpha value is -3.61. The monoisotopic (exact) mass is 365 g/mol. The van der Waals surface area contributed by atoms with Gasteiger partial charge in [0, 0.05) is 24.6 Å². The summed E-state index contributed by atoms with van der Waals surface area (Å²) in [5.41, 5.74) is 2.63. The van der Waals surface area contributed by atoms with Gasteiger partial charge in [0.25, 0.3) is 5.91 Å². The summed E-state index contributed by atoms with van der Waals surface area (Å²) in [5.74, 6) is 0.782. The molecular weight excluding hydrogens is 349 g/mol. The van der Waals surface area contributed by atoms with Crippen molar-refractivity contribution in [3.05, 3.63) is 77.9 Å². The topological polar surface area (TPSA) is 72.5 Å². The van der Waals surface area contributed by atoms with Crippen molar-refractivity contribution in [2.45, 2.75) is 6.54 Å². The quantitative estimate of drug-likeness (QED) is 0.719. The first-order valence-electron chi connectivity index (χ1n) is 8.32. The molecule has 2 N–H and O–H groups in total. The molecule has 0 bridgehead atoms. The summed E-state index contributed by atoms with van der Waals surface area (Å²) in [6.45, 7) is 0.780. The minimum Gasteiger partial charge on any atom is -0.454 e. The van der Waals surface area contributed by atoms with Gasteiger partial charge in [-0.3, -0.25) is 9.78 Å². The summed E-state index contributed by atoms with van der Waals surface area (Å²) in [5, 5.41) is 5.94. The van der Waals surface area contributed by atoms with Crippen LogP contribution in [0.15, 0.2) is 60.9 Å². The Kier molecular flexibility index (Phi) is 4.57. The lowest BCUT2D eigenvalue weighted by Crippen LogP contribution is -2.12. The average Bonchev–Trinajstić information content (AvgIpc) is 3.16. The number of amides is 1. The predicted octanol–water partition coefficient (Wildman–Crippen LogP) is 3.81. The van der Waals surface area contributed by atoms with Crippen molar-refractivity contribution >= 4 is 17.3 Å². The number of nitrogens with one attached hydrogen (secondary N) is 2. The van der Waals surface area contributed by atoms with E-state index < -0.39 is 0 Å². The second kappa shape index (κ2) is 7.33. The fraction of sp³-hybridized carbons (Fsp3) is 0.100. The minimum atomic E-state index is -0.357. The van der Waals surface area contributed by atoms with Crippen LogP contribution in [0.25, 0.3) is 0 Å². The average molecular weight is 365 g/mol. The first kappa shape index (κ1) is 16.8. The molecule has 1 amide bonds. The molecule has 1 aliphatic heterocycles. The molecule has 0 aliphatic carbocycles. The Bertz CT molecular complexity index is 976. The number of benzene rings is 2. The zero-order valence-corrected chi connectivity index (χ0v) is 14.2. The molecule has 0 radical (unpaired) electrons. The third-order valence-electron chi connectivity index (χ3n) is 4.04. The highest BCUT2D eigenvalue weighted by molar-refractivity contribution is 6.04. The van der Waals surface area contributed by atoms with Gasteiger partial charge in [-0.2, -0.15) is 0 Å². The largest absolute Gasteiger partial charge is 0.454 e. The van der Waals surface area contributed by atoms with E-state index >= 15 is 0 Å². The molecule has 1 aromatic heterocycles. The number of carbonyl (C=O) groups is 1. The molecule has 2 aromatic carbocycles. The Morgan fingerprint density at radius 1 is 1.00 bits per heavy atom. The van der Waals surface area contributed by atoms with Crippen molar-refractivity contribution in [2.24, 2.45) is 0 Å². The van der Waals surface area contributed by atoms with Crippen LogP contribution in [0.1, 0.15) is 15.9 Å². The van der Waals surface area contributed by atoms with Gasteiger partial charge in [-0.1, -0.05) is 6.07 Å². The van der Waals surface area contributed by atoms with Gasteiger partial charge >= 0.3 is 0 Å². The smallest absolute Gasteiger partial charge is 0.257 e. The van der Waals surface area contributed by atoms with E-state index in [2.05, 4.69) is 15.6 Å². The number of hydrogen-bond acceptors (Lipinski definition) is 5. The third-order valence-corrected chi connectivity index (χ3v) is 4.04. The highest BCUT2D eigenvalue weighted by Crippen LogP contribution is 2.32. The molecule has 136 valence electrons. The lowest BCUT2D eigenvalue weighted by Gasteiger charge is -2.09. The Morgan fingerprint density at radius 3 is 2.67 bits per heavy atom. The molecule has 6 nitrogen and oxygen atoms in total. The van der Waals surface area contributed by atoms with Gasteiger partial charge in [0.1, 0.15) is 5.82 Å². The molecule has 3 aromatic rings. The standard InChI is InChI=1S/C20H16FN3O3/c21-15-2-4-16(5-3-15)24-20(25)14-8-17(11-22-10-14)23-9-13-1-6-18-19(7-13)27-12-26-18/h1-8,10-11,23H,9,12H2,(H,24,25). The van der Waals surface area contributed by atoms with Crippen molar-refractivity contribution in [3.63, 3.8) is 0 Å². The molecule has 0 spiro atoms. The first-order valence-corrected chi connectivity index (χ1v) is 8.32. The Morgan fingerprint density at radius 2 is 1.81 bits per heavy atom. The fourth-order valence-corrected chi connectivity index (χ4v) is 2.65. The van der Waals surface area contributed by atoms with Gasteiger partial charge in [-0.25, -0.2) is 4.39 Å². The van der Waals surface area contributed by atoms with E-state index in [0.717, 1.165) is 17.1 Å². The number of ether oxygens (including phenoxy) is 2. The molecule has 4 rings (SSSR count). The van der Waals surface area contributed by atoms with Crippen molar-refractivity contribution in [1.82, 2.24) is 4.98 Å². The summed E-state index contributed by atoms with van der Waals surface area (Å²) in [4.78, 5) is 16.5. The second-order valence-electron chi connectivity index (χ2n) is 5.96. The predicted molar refractivity (Wildman–Crippen MR) is 98.5 cm³/mol. The number of aromatic nitrogens is 1. The second-order valence-corrected chi connectivity index (χ2v) is 5.96. The molecule has 0 atom stereocenters. The fourth-order valence-electron chi connectivity index (χ4n) is 2.65. The van der Waals surface area contributed by atoms with E-state index in [0.29, 0.717) is 23.5 Å². The van der Waals surface area contributed by atoms with Crippen LogP contribution in [0.4, 0.5) is 15.8 Å². The van der Waals surface area contributed by atoms with Crippen LogP contribution >= 0.6 is 0 Å². The van der Waals surface area contributed by atoms with Gasteiger partial charge in [0.05, 0.1) is 11.3 Å². The number of carbonyl (C=O) groups excluding carboxylic acids is 1. The summed E-state index contributed by atoms with van der Waals surface area (Å²) < 4.78 is 23.6. The van der Waals surface area contributed by atoms with Crippen LogP contribution in [0.5, 0.6) is 11.5 Å². The van der Waals surface area contributed by atoms with Gasteiger partial charge in [-0.15, -0.1) is 0 Å². The molecule has 0 saturated heterocycles. The minimum absolute atomic E-state index is 0.237. The summed E-state index contributed by atoms with van der Waals surface area (Å²) in [6, 6.07) is 13.0. The number of anilines is 2. The van der Waals surface area contributed by atoms with Gasteiger partial charge < -0.3 is 20.1 Å². The molecule has 1 aliphatic rings. The van der Waals surface area contributed by atoms with Gasteiger partial charge in [-0.05, 0) is 48.0 Å². The molecular formula is C20H16FN3O3. The number of pyridine rings is 1. The third kappa shape index (κ3) is 3.98. The number of hydrogen-bond donors (Lipinski definition) is 2. The highest BCUT2D eigenvalue weighted by atomic mass is 19.1. The maximum Gasteiger partial charge on any atom is 0.257 e. The maximum absolute atomic E-state index is 13.0. The van der Waals surface area contributed by atoms with E-state index in [4.69, 9.17) is 9.47 Å². The van der Waals surface area contributed by atoms with Crippen molar-refractivity contribution < 1.29 is 18.7 Å². The maximum atomic E-state index is 13.0. The zero-order chi connectivity index (χ0) is 18.6. The lowest BCUT2D eigenvalue weighted by molar-refractivity contribution is 0.102. The van der Waals surface area contributed by atoms with Crippen molar-refractivity contribution in [3.8, 4) is 11.5 Å². The van der Waals surface area contributed by atoms with Crippen LogP contribution in [-0.2, 0) is 6.54 Å². The van der Waals surface area contributed by atoms with Crippen molar-refractivity contribution in [1.29, 1.82) is 0 Å². The Balaban J connectivity index is 1.41. The van der Waals surface area contributed by atoms with E-state index in [1.54, 1.807) is 12.3 Å². The molecule has 7 heteroatoms. The number of rotatable bonds is 5. The Labute approximate surface area is 155 Å². The number of nitrogens with zero attached hydrogens (tertiary/aromatic N) is 1. The van der Waals surface area contributed by atoms with Crippen LogP contribution in [0.2, 0.25) is 0 Å². The van der Waals surface area contributed by atoms with Crippen LogP contribution in [-0.4, -0.2) is 17.7 Å². The van der Waals surface area contributed by atoms with E-state index in [9.17, 15) is 9.18 Å². The van der Waals surface area contributed by atoms with E-state index in [1.807, 2.05) is 18.2 Å². The van der Waals surface area contributed by atoms with Crippen LogP contribution in [0.3, 0.4) is 0 Å². The molecule has 27 heavy (non-hydrogen) atoms. The van der Waals surface area contributed by atoms with E-state index in [-0.39, 0.29) is 18.5 Å². The number of halogens is 1. The summed E-state index contributed by atoms with van der Waals surface area (Å²) >= 11 is 0. The SMILES string of the molecule is O=C(Nc1ccc(F)cc1)c1cncc(NCc2ccc3c(c2)OCO3)c1. The first-order chi connectivity index (χ1) is 13.2. The van der Waals surface area contributed by atoms with Crippen LogP contribution in [0, 0.1) is 5.82 Å². The van der Waals surface area contributed by atoms with E-state index in [1.165, 1.54) is 30.5 Å².